The summed E-state index contributed by atoms with van der Waals surface area (Å²) >= 11 is 0. The SMILES string of the molecule is CON(C)C(=O)[C@@H](N)C(C)C.[Br-].[CH-]1CC1.[Mg+2]. The van der Waals surface area contributed by atoms with Crippen molar-refractivity contribution in [1.29, 1.82) is 0 Å². The number of nitrogens with two attached hydrogens (primary N) is 1. The van der Waals surface area contributed by atoms with Crippen LogP contribution in [-0.2, 0) is 9.63 Å². The van der Waals surface area contributed by atoms with Gasteiger partial charge in [-0.15, -0.1) is 0 Å². The van der Waals surface area contributed by atoms with Gasteiger partial charge in [0.1, 0.15) is 0 Å². The van der Waals surface area contributed by atoms with E-state index in [1.54, 1.807) is 7.05 Å². The van der Waals surface area contributed by atoms with Gasteiger partial charge in [-0.05, 0) is 5.92 Å². The third kappa shape index (κ3) is 11.1. The largest absolute Gasteiger partial charge is 2.00 e. The predicted octanol–water partition coefficient (Wildman–Crippen LogP) is -2.40. The van der Waals surface area contributed by atoms with Gasteiger partial charge in [-0.3, -0.25) is 9.63 Å². The van der Waals surface area contributed by atoms with E-state index >= 15 is 0 Å². The van der Waals surface area contributed by atoms with Crippen molar-refractivity contribution >= 4 is 29.0 Å². The molecule has 0 aromatic heterocycles. The summed E-state index contributed by atoms with van der Waals surface area (Å²) in [6, 6.07) is -0.472. The average Bonchev–Trinajstić information content (AvgIpc) is 3.00. The number of halogens is 1. The molecule has 0 aliphatic heterocycles. The number of hydrogen-bond donors (Lipinski definition) is 1. The zero-order chi connectivity index (χ0) is 11.1. The quantitative estimate of drug-likeness (QED) is 0.359. The number of carbonyl (C=O) groups excluding carboxylic acids is 1. The van der Waals surface area contributed by atoms with Crippen LogP contribution in [0.5, 0.6) is 0 Å². The first kappa shape index (κ1) is 21.9. The van der Waals surface area contributed by atoms with Crippen LogP contribution in [0.25, 0.3) is 0 Å². The normalized spacial score (nSPS) is 13.6. The molecule has 6 heteroatoms. The Kier molecular flexibility index (Phi) is 16.5. The van der Waals surface area contributed by atoms with Gasteiger partial charge >= 0.3 is 23.1 Å². The minimum Gasteiger partial charge on any atom is -1.00 e. The molecule has 0 radical (unpaired) electrons. The van der Waals surface area contributed by atoms with Crippen molar-refractivity contribution < 1.29 is 26.6 Å². The summed E-state index contributed by atoms with van der Waals surface area (Å²) in [7, 11) is 2.98. The molecule has 0 saturated heterocycles. The Balaban J connectivity index is -0.000000290. The molecule has 0 unspecified atom stereocenters. The number of nitrogens with zero attached hydrogens (tertiary/aromatic N) is 1. The van der Waals surface area contributed by atoms with Gasteiger partial charge in [0, 0.05) is 7.05 Å². The molecule has 1 atom stereocenters. The van der Waals surface area contributed by atoms with Crippen LogP contribution in [0, 0.1) is 12.3 Å². The molecule has 0 bridgehead atoms. The number of hydroxylamine groups is 2. The Labute approximate surface area is 125 Å². The van der Waals surface area contributed by atoms with Crippen LogP contribution >= 0.6 is 0 Å². The summed E-state index contributed by atoms with van der Waals surface area (Å²) in [5.41, 5.74) is 5.57. The summed E-state index contributed by atoms with van der Waals surface area (Å²) in [6.45, 7) is 3.79. The summed E-state index contributed by atoms with van der Waals surface area (Å²) < 4.78 is 0. The molecule has 1 fully saturated rings. The molecule has 0 spiro atoms. The van der Waals surface area contributed by atoms with Gasteiger partial charge in [-0.2, -0.15) is 0 Å². The summed E-state index contributed by atoms with van der Waals surface area (Å²) in [5.74, 6) is -0.0531. The molecule has 1 aliphatic carbocycles. The predicted molar refractivity (Wildman–Crippen MR) is 61.9 cm³/mol. The van der Waals surface area contributed by atoms with Gasteiger partial charge in [-0.1, -0.05) is 13.8 Å². The Morgan fingerprint density at radius 2 is 1.81 bits per heavy atom. The van der Waals surface area contributed by atoms with E-state index in [9.17, 15) is 4.79 Å². The Hall–Kier alpha value is 0.636. The first-order chi connectivity index (χ1) is 6.50. The van der Waals surface area contributed by atoms with Crippen molar-refractivity contribution in [3.63, 3.8) is 0 Å². The van der Waals surface area contributed by atoms with E-state index in [-0.39, 0.29) is 51.9 Å². The van der Waals surface area contributed by atoms with Crippen LogP contribution in [0.15, 0.2) is 0 Å². The van der Waals surface area contributed by atoms with Gasteiger partial charge in [0.25, 0.3) is 5.91 Å². The van der Waals surface area contributed by atoms with Crippen LogP contribution in [0.1, 0.15) is 26.7 Å². The maximum Gasteiger partial charge on any atom is 2.00 e. The van der Waals surface area contributed by atoms with Crippen LogP contribution < -0.4 is 22.7 Å². The first-order valence-electron chi connectivity index (χ1n) is 4.89. The molecule has 1 rings (SSSR count). The maximum atomic E-state index is 11.2. The second kappa shape index (κ2) is 12.1. The van der Waals surface area contributed by atoms with Crippen molar-refractivity contribution in [3.8, 4) is 0 Å². The fraction of sp³-hybridized carbons (Fsp3) is 0.800. The number of hydrogen-bond acceptors (Lipinski definition) is 3. The second-order valence-electron chi connectivity index (χ2n) is 3.65. The second-order valence-corrected chi connectivity index (χ2v) is 3.65. The van der Waals surface area contributed by atoms with E-state index in [0.717, 1.165) is 5.06 Å². The van der Waals surface area contributed by atoms with E-state index in [1.165, 1.54) is 20.0 Å². The van der Waals surface area contributed by atoms with E-state index in [4.69, 9.17) is 5.73 Å². The molecule has 4 nitrogen and oxygen atoms in total. The molecule has 16 heavy (non-hydrogen) atoms. The van der Waals surface area contributed by atoms with E-state index in [0.29, 0.717) is 0 Å². The van der Waals surface area contributed by atoms with Crippen LogP contribution in [0.3, 0.4) is 0 Å². The third-order valence-corrected chi connectivity index (χ3v) is 1.88. The zero-order valence-corrected chi connectivity index (χ0v) is 13.6. The summed E-state index contributed by atoms with van der Waals surface area (Å²) in [6.07, 6.45) is 5.00. The van der Waals surface area contributed by atoms with Crippen molar-refractivity contribution in [3.05, 3.63) is 6.42 Å². The fourth-order valence-electron chi connectivity index (χ4n) is 0.585. The van der Waals surface area contributed by atoms with E-state index < -0.39 is 6.04 Å². The van der Waals surface area contributed by atoms with Crippen molar-refractivity contribution in [2.45, 2.75) is 32.7 Å². The molecular weight excluding hydrogens is 284 g/mol. The number of carbonyl (C=O) groups is 1. The fourth-order valence-corrected chi connectivity index (χ4v) is 0.585. The van der Waals surface area contributed by atoms with E-state index in [2.05, 4.69) is 11.3 Å². The molecule has 0 aromatic carbocycles. The Morgan fingerprint density at radius 3 is 2.00 bits per heavy atom. The molecule has 1 saturated carbocycles. The number of rotatable bonds is 3. The number of amides is 1. The van der Waals surface area contributed by atoms with Crippen LogP contribution in [-0.4, -0.2) is 54.2 Å². The van der Waals surface area contributed by atoms with Gasteiger partial charge in [0.2, 0.25) is 0 Å². The standard InChI is InChI=1S/C7H16N2O2.C3H5.BrH.Mg/c1-5(2)6(8)7(10)9(3)11-4;1-2-3-1;;/h5-6H,8H2,1-4H3;1H,2-3H2;1H;/q;-1;;+2/p-1/t6-;;;/m0.../s1. The monoisotopic (exact) mass is 304 g/mol. The number of likely N-dealkylation sites (N-methyl/N-ethyl adjacent to an activating group) is 1. The van der Waals surface area contributed by atoms with E-state index in [1.807, 2.05) is 13.8 Å². The molecule has 1 aliphatic rings. The molecule has 92 valence electrons. The van der Waals surface area contributed by atoms with Gasteiger partial charge in [0.05, 0.1) is 13.2 Å². The summed E-state index contributed by atoms with van der Waals surface area (Å²) in [5, 5.41) is 1.14. The Bertz CT molecular complexity index is 177. The smallest absolute Gasteiger partial charge is 1.00 e. The first-order valence-corrected chi connectivity index (χ1v) is 4.89. The molecular formula is C10H21BrMgN2O2. The maximum absolute atomic E-state index is 11.2. The molecule has 1 amide bonds. The minimum absolute atomic E-state index is 0. The van der Waals surface area contributed by atoms with Crippen molar-refractivity contribution in [1.82, 2.24) is 5.06 Å². The zero-order valence-electron chi connectivity index (χ0n) is 10.6. The average molecular weight is 305 g/mol. The van der Waals surface area contributed by atoms with Crippen molar-refractivity contribution in [2.75, 3.05) is 14.2 Å². The van der Waals surface area contributed by atoms with Gasteiger partial charge in [0.15, 0.2) is 0 Å². The Morgan fingerprint density at radius 1 is 1.44 bits per heavy atom. The topological polar surface area (TPSA) is 55.6 Å². The minimum atomic E-state index is -0.472. The van der Waals surface area contributed by atoms with Crippen LogP contribution in [0.2, 0.25) is 0 Å². The van der Waals surface area contributed by atoms with Gasteiger partial charge in [-0.25, -0.2) is 17.9 Å². The van der Waals surface area contributed by atoms with Crippen molar-refractivity contribution in [2.24, 2.45) is 11.7 Å². The van der Waals surface area contributed by atoms with Crippen LogP contribution in [0.4, 0.5) is 0 Å². The molecule has 2 N–H and O–H groups in total. The van der Waals surface area contributed by atoms with Gasteiger partial charge < -0.3 is 29.1 Å². The summed E-state index contributed by atoms with van der Waals surface area (Å²) in [4.78, 5) is 15.9. The third-order valence-electron chi connectivity index (χ3n) is 1.88. The molecule has 0 aromatic rings. The molecule has 0 heterocycles.